The molecule has 2 N–H and O–H groups in total. The lowest BCUT2D eigenvalue weighted by Crippen LogP contribution is -2.39. The molecule has 2 atom stereocenters. The number of hydrogen-bond acceptors (Lipinski definition) is 5. The Balaban J connectivity index is 2.02. The van der Waals surface area contributed by atoms with Gasteiger partial charge in [0.25, 0.3) is 5.91 Å². The van der Waals surface area contributed by atoms with Gasteiger partial charge in [0.1, 0.15) is 11.3 Å². The molecule has 2 aromatic heterocycles. The number of ether oxygens (including phenoxy) is 1. The van der Waals surface area contributed by atoms with Gasteiger partial charge in [-0.25, -0.2) is 9.97 Å². The molecule has 4 rings (SSSR count). The van der Waals surface area contributed by atoms with Gasteiger partial charge in [-0.15, -0.1) is 0 Å². The van der Waals surface area contributed by atoms with Crippen molar-refractivity contribution in [2.45, 2.75) is 32.3 Å². The van der Waals surface area contributed by atoms with Crippen LogP contribution >= 0.6 is 0 Å². The Hall–Kier alpha value is -3.12. The first-order valence-corrected chi connectivity index (χ1v) is 9.83. The zero-order chi connectivity index (χ0) is 20.4. The third kappa shape index (κ3) is 3.51. The number of primary amides is 1. The molecule has 0 spiro atoms. The molecule has 0 aliphatic carbocycles. The lowest BCUT2D eigenvalue weighted by molar-refractivity contribution is -0.109. The molecule has 2 unspecified atom stereocenters. The number of amides is 1. The van der Waals surface area contributed by atoms with Crippen molar-refractivity contribution in [3.8, 4) is 22.5 Å². The summed E-state index contributed by atoms with van der Waals surface area (Å²) < 4.78 is 6.28. The number of hydrogen-bond donors (Lipinski definition) is 1. The van der Waals surface area contributed by atoms with Gasteiger partial charge in [-0.05, 0) is 37.8 Å². The average Bonchev–Trinajstić information content (AvgIpc) is 2.76. The highest BCUT2D eigenvalue weighted by molar-refractivity contribution is 5.97. The van der Waals surface area contributed by atoms with E-state index in [1.165, 1.54) is 0 Å². The summed E-state index contributed by atoms with van der Waals surface area (Å²) in [6, 6.07) is 13.4. The molecular formula is C23H24N4O2. The van der Waals surface area contributed by atoms with Gasteiger partial charge < -0.3 is 10.5 Å². The van der Waals surface area contributed by atoms with Crippen LogP contribution in [0.1, 0.15) is 42.9 Å². The Morgan fingerprint density at radius 1 is 1.10 bits per heavy atom. The normalized spacial score (nSPS) is 21.7. The van der Waals surface area contributed by atoms with Crippen LogP contribution in [0.2, 0.25) is 0 Å². The molecule has 1 aliphatic heterocycles. The standard InChI is InChI=1S/C23H24N4O2/c1-15-8-7-13-29-23(15,2)21-19(16-9-4-3-5-10-16)26-20(22(24)28)18(27-21)17-11-6-12-25-14-17/h3-6,9-12,14-15H,7-8,13H2,1-2H3,(H2,24,28). The molecule has 1 fully saturated rings. The third-order valence-corrected chi connectivity index (χ3v) is 5.71. The molecule has 1 saturated heterocycles. The van der Waals surface area contributed by atoms with E-state index in [2.05, 4.69) is 18.8 Å². The number of rotatable bonds is 4. The van der Waals surface area contributed by atoms with Gasteiger partial charge in [0.05, 0.1) is 11.4 Å². The second-order valence-corrected chi connectivity index (χ2v) is 7.59. The molecule has 148 valence electrons. The smallest absolute Gasteiger partial charge is 0.269 e. The van der Waals surface area contributed by atoms with E-state index in [0.29, 0.717) is 23.6 Å². The monoisotopic (exact) mass is 388 g/mol. The highest BCUT2D eigenvalue weighted by Crippen LogP contribution is 2.43. The summed E-state index contributed by atoms with van der Waals surface area (Å²) in [7, 11) is 0. The van der Waals surface area contributed by atoms with E-state index < -0.39 is 11.5 Å². The van der Waals surface area contributed by atoms with E-state index in [1.54, 1.807) is 18.5 Å². The molecule has 1 aromatic carbocycles. The summed E-state index contributed by atoms with van der Waals surface area (Å²) in [5, 5.41) is 0. The van der Waals surface area contributed by atoms with E-state index in [-0.39, 0.29) is 11.6 Å². The second kappa shape index (κ2) is 7.72. The molecule has 3 aromatic rings. The quantitative estimate of drug-likeness (QED) is 0.730. The first-order valence-electron chi connectivity index (χ1n) is 9.83. The van der Waals surface area contributed by atoms with E-state index in [0.717, 1.165) is 24.1 Å². The van der Waals surface area contributed by atoms with Gasteiger partial charge >= 0.3 is 0 Å². The van der Waals surface area contributed by atoms with Crippen LogP contribution in [-0.4, -0.2) is 27.5 Å². The molecule has 0 radical (unpaired) electrons. The second-order valence-electron chi connectivity index (χ2n) is 7.59. The number of nitrogens with zero attached hydrogens (tertiary/aromatic N) is 3. The van der Waals surface area contributed by atoms with Crippen LogP contribution in [0, 0.1) is 5.92 Å². The summed E-state index contributed by atoms with van der Waals surface area (Å²) in [5.74, 6) is -0.378. The maximum Gasteiger partial charge on any atom is 0.269 e. The van der Waals surface area contributed by atoms with Gasteiger partial charge in [-0.1, -0.05) is 37.3 Å². The molecule has 3 heterocycles. The van der Waals surface area contributed by atoms with Crippen molar-refractivity contribution in [1.82, 2.24) is 15.0 Å². The number of pyridine rings is 1. The topological polar surface area (TPSA) is 91.0 Å². The Morgan fingerprint density at radius 3 is 2.52 bits per heavy atom. The summed E-state index contributed by atoms with van der Waals surface area (Å²) >= 11 is 0. The Labute approximate surface area is 170 Å². The molecule has 0 bridgehead atoms. The minimum absolute atomic E-state index is 0.132. The van der Waals surface area contributed by atoms with E-state index >= 15 is 0 Å². The third-order valence-electron chi connectivity index (χ3n) is 5.71. The summed E-state index contributed by atoms with van der Waals surface area (Å²) in [6.45, 7) is 4.89. The first kappa shape index (κ1) is 19.2. The van der Waals surface area contributed by atoms with Gasteiger partial charge in [0.15, 0.2) is 5.69 Å². The van der Waals surface area contributed by atoms with Crippen molar-refractivity contribution in [2.24, 2.45) is 11.7 Å². The molecule has 1 aliphatic rings. The van der Waals surface area contributed by atoms with Crippen LogP contribution in [0.15, 0.2) is 54.9 Å². The Kier molecular flexibility index (Phi) is 5.11. The minimum Gasteiger partial charge on any atom is -0.369 e. The molecule has 29 heavy (non-hydrogen) atoms. The van der Waals surface area contributed by atoms with Crippen molar-refractivity contribution >= 4 is 5.91 Å². The van der Waals surface area contributed by atoms with Crippen LogP contribution < -0.4 is 5.73 Å². The Morgan fingerprint density at radius 2 is 1.86 bits per heavy atom. The van der Waals surface area contributed by atoms with Crippen LogP contribution in [-0.2, 0) is 10.3 Å². The van der Waals surface area contributed by atoms with Crippen molar-refractivity contribution in [3.05, 3.63) is 66.2 Å². The van der Waals surface area contributed by atoms with Gasteiger partial charge in [-0.3, -0.25) is 9.78 Å². The molecule has 6 nitrogen and oxygen atoms in total. The lowest BCUT2D eigenvalue weighted by atomic mass is 9.80. The first-order chi connectivity index (χ1) is 14.0. The van der Waals surface area contributed by atoms with Gasteiger partial charge in [0.2, 0.25) is 0 Å². The van der Waals surface area contributed by atoms with Crippen LogP contribution in [0.3, 0.4) is 0 Å². The van der Waals surface area contributed by atoms with Crippen molar-refractivity contribution in [3.63, 3.8) is 0 Å². The summed E-state index contributed by atoms with van der Waals surface area (Å²) in [6.07, 6.45) is 5.38. The number of aromatic nitrogens is 3. The average molecular weight is 388 g/mol. The molecule has 1 amide bonds. The zero-order valence-electron chi connectivity index (χ0n) is 16.6. The van der Waals surface area contributed by atoms with Crippen molar-refractivity contribution in [1.29, 1.82) is 0 Å². The molecule has 0 saturated carbocycles. The Bertz CT molecular complexity index is 1020. The zero-order valence-corrected chi connectivity index (χ0v) is 16.6. The van der Waals surface area contributed by atoms with Gasteiger partial charge in [0, 0.05) is 30.1 Å². The van der Waals surface area contributed by atoms with E-state index in [4.69, 9.17) is 20.4 Å². The fourth-order valence-corrected chi connectivity index (χ4v) is 3.85. The number of carbonyl (C=O) groups excluding carboxylic acids is 1. The predicted octanol–water partition coefficient (Wildman–Crippen LogP) is 3.97. The van der Waals surface area contributed by atoms with E-state index in [9.17, 15) is 4.79 Å². The fraction of sp³-hybridized carbons (Fsp3) is 0.304. The molecule has 6 heteroatoms. The predicted molar refractivity (Wildman–Crippen MR) is 111 cm³/mol. The molecular weight excluding hydrogens is 364 g/mol. The maximum atomic E-state index is 12.3. The van der Waals surface area contributed by atoms with Crippen LogP contribution in [0.4, 0.5) is 0 Å². The highest BCUT2D eigenvalue weighted by Gasteiger charge is 2.41. The lowest BCUT2D eigenvalue weighted by Gasteiger charge is -2.40. The minimum atomic E-state index is -0.622. The van der Waals surface area contributed by atoms with E-state index in [1.807, 2.05) is 36.4 Å². The summed E-state index contributed by atoms with van der Waals surface area (Å²) in [5.41, 5.74) is 8.56. The number of benzene rings is 1. The van der Waals surface area contributed by atoms with Crippen LogP contribution in [0.25, 0.3) is 22.5 Å². The van der Waals surface area contributed by atoms with Crippen LogP contribution in [0.5, 0.6) is 0 Å². The number of nitrogens with two attached hydrogens (primary N) is 1. The van der Waals surface area contributed by atoms with Crippen molar-refractivity contribution < 1.29 is 9.53 Å². The SMILES string of the molecule is CC1CCCOC1(C)c1nc(-c2cccnc2)c(C(N)=O)nc1-c1ccccc1. The van der Waals surface area contributed by atoms with Crippen molar-refractivity contribution in [2.75, 3.05) is 6.61 Å². The maximum absolute atomic E-state index is 12.3. The fourth-order valence-electron chi connectivity index (χ4n) is 3.85. The largest absolute Gasteiger partial charge is 0.369 e. The number of carbonyl (C=O) groups is 1. The summed E-state index contributed by atoms with van der Waals surface area (Å²) in [4.78, 5) is 26.1. The van der Waals surface area contributed by atoms with Gasteiger partial charge in [-0.2, -0.15) is 0 Å². The highest BCUT2D eigenvalue weighted by atomic mass is 16.5.